The van der Waals surface area contributed by atoms with Crippen molar-refractivity contribution in [2.24, 2.45) is 0 Å². The first-order valence-electron chi connectivity index (χ1n) is 10.4. The molecule has 1 heterocycles. The minimum absolute atomic E-state index is 0.234. The molecule has 1 atom stereocenters. The zero-order valence-corrected chi connectivity index (χ0v) is 19.9. The molecule has 7 heteroatoms. The Balaban J connectivity index is 1.58. The molecule has 0 radical (unpaired) electrons. The van der Waals surface area contributed by atoms with Gasteiger partial charge < -0.3 is 5.32 Å². The number of anilines is 1. The van der Waals surface area contributed by atoms with Crippen LogP contribution in [0, 0.1) is 6.92 Å². The van der Waals surface area contributed by atoms with E-state index in [2.05, 4.69) is 5.32 Å². The molecule has 0 aliphatic carbocycles. The zero-order chi connectivity index (χ0) is 23.4. The van der Waals surface area contributed by atoms with E-state index in [0.717, 1.165) is 16.7 Å². The van der Waals surface area contributed by atoms with E-state index in [-0.39, 0.29) is 16.2 Å². The van der Waals surface area contributed by atoms with Crippen LogP contribution in [0.5, 0.6) is 0 Å². The zero-order valence-electron chi connectivity index (χ0n) is 18.3. The second-order valence-corrected chi connectivity index (χ2v) is 10.8. The number of hydrogen-bond donors (Lipinski definition) is 1. The Hall–Kier alpha value is -3.42. The number of carbonyl (C=O) groups excluding carboxylic acids is 1. The van der Waals surface area contributed by atoms with Crippen molar-refractivity contribution in [1.29, 1.82) is 0 Å². The summed E-state index contributed by atoms with van der Waals surface area (Å²) in [6.07, 6.45) is 0. The van der Waals surface area contributed by atoms with Gasteiger partial charge in [0.15, 0.2) is 0 Å². The van der Waals surface area contributed by atoms with E-state index < -0.39 is 10.0 Å². The summed E-state index contributed by atoms with van der Waals surface area (Å²) in [7, 11) is -2.12. The summed E-state index contributed by atoms with van der Waals surface area (Å²) >= 11 is 1.17. The topological polar surface area (TPSA) is 66.5 Å². The van der Waals surface area contributed by atoms with E-state index in [1.165, 1.54) is 22.7 Å². The van der Waals surface area contributed by atoms with Crippen LogP contribution in [0.1, 0.15) is 33.1 Å². The van der Waals surface area contributed by atoms with Crippen LogP contribution in [0.3, 0.4) is 0 Å². The summed E-state index contributed by atoms with van der Waals surface area (Å²) < 4.78 is 27.0. The third-order valence-electron chi connectivity index (χ3n) is 5.51. The highest BCUT2D eigenvalue weighted by atomic mass is 32.2. The van der Waals surface area contributed by atoms with Gasteiger partial charge in [-0.25, -0.2) is 8.42 Å². The lowest BCUT2D eigenvalue weighted by Gasteiger charge is -2.22. The highest BCUT2D eigenvalue weighted by Gasteiger charge is 2.23. The van der Waals surface area contributed by atoms with Crippen LogP contribution in [-0.2, 0) is 10.0 Å². The molecular weight excluding hydrogens is 452 g/mol. The number of amides is 1. The summed E-state index contributed by atoms with van der Waals surface area (Å²) in [6.45, 7) is 2.02. The van der Waals surface area contributed by atoms with Crippen molar-refractivity contribution < 1.29 is 13.2 Å². The predicted molar refractivity (Wildman–Crippen MR) is 133 cm³/mol. The number of rotatable bonds is 7. The molecule has 168 valence electrons. The molecular formula is C26H24N2O3S2. The molecule has 0 aliphatic rings. The maximum Gasteiger partial charge on any atom is 0.273 e. The van der Waals surface area contributed by atoms with E-state index in [1.807, 2.05) is 61.5 Å². The third-order valence-corrected chi connectivity index (χ3v) is 8.67. The standard InChI is InChI=1S/C26H24N2O3S2/c1-19-9-6-7-12-23(19)25(20-10-4-3-5-11-20)27-26(29)21-14-16-22(17-15-21)28(2)33(30,31)24-13-8-18-32-24/h3-18,25H,1-2H3,(H,27,29). The van der Waals surface area contributed by atoms with E-state index in [1.54, 1.807) is 41.8 Å². The molecule has 33 heavy (non-hydrogen) atoms. The number of hydrogen-bond acceptors (Lipinski definition) is 4. The molecule has 4 aromatic rings. The van der Waals surface area contributed by atoms with Crippen LogP contribution >= 0.6 is 11.3 Å². The summed E-state index contributed by atoms with van der Waals surface area (Å²) in [5, 5.41) is 4.87. The quantitative estimate of drug-likeness (QED) is 0.388. The minimum atomic E-state index is -3.63. The lowest BCUT2D eigenvalue weighted by molar-refractivity contribution is 0.0943. The van der Waals surface area contributed by atoms with E-state index in [9.17, 15) is 13.2 Å². The normalized spacial score (nSPS) is 12.2. The van der Waals surface area contributed by atoms with Crippen LogP contribution in [-0.4, -0.2) is 21.4 Å². The predicted octanol–water partition coefficient (Wildman–Crippen LogP) is 5.40. The van der Waals surface area contributed by atoms with Crippen LogP contribution in [0.25, 0.3) is 0 Å². The number of thiophene rings is 1. The van der Waals surface area contributed by atoms with Gasteiger partial charge in [0.2, 0.25) is 0 Å². The smallest absolute Gasteiger partial charge is 0.273 e. The largest absolute Gasteiger partial charge is 0.341 e. The molecule has 1 unspecified atom stereocenters. The van der Waals surface area contributed by atoms with Crippen LogP contribution in [0.4, 0.5) is 5.69 Å². The van der Waals surface area contributed by atoms with Gasteiger partial charge in [-0.2, -0.15) is 0 Å². The third kappa shape index (κ3) is 4.84. The van der Waals surface area contributed by atoms with Crippen LogP contribution in [0.15, 0.2) is 101 Å². The Labute approximate surface area is 198 Å². The fourth-order valence-corrected chi connectivity index (χ4v) is 5.97. The van der Waals surface area contributed by atoms with Crippen molar-refractivity contribution >= 4 is 33.0 Å². The molecule has 0 spiro atoms. The maximum absolute atomic E-state index is 13.1. The van der Waals surface area contributed by atoms with E-state index >= 15 is 0 Å². The molecule has 3 aromatic carbocycles. The molecule has 1 aromatic heterocycles. The molecule has 0 fully saturated rings. The molecule has 0 bridgehead atoms. The monoisotopic (exact) mass is 476 g/mol. The lowest BCUT2D eigenvalue weighted by Crippen LogP contribution is -2.30. The highest BCUT2D eigenvalue weighted by molar-refractivity contribution is 7.94. The van der Waals surface area contributed by atoms with Gasteiger partial charge >= 0.3 is 0 Å². The van der Waals surface area contributed by atoms with Gasteiger partial charge in [-0.3, -0.25) is 9.10 Å². The van der Waals surface area contributed by atoms with Gasteiger partial charge in [-0.05, 0) is 59.3 Å². The van der Waals surface area contributed by atoms with E-state index in [0.29, 0.717) is 11.3 Å². The molecule has 5 nitrogen and oxygen atoms in total. The number of nitrogens with one attached hydrogen (secondary N) is 1. The second-order valence-electron chi connectivity index (χ2n) is 7.63. The molecule has 0 aliphatic heterocycles. The Bertz CT molecular complexity index is 1330. The van der Waals surface area contributed by atoms with Gasteiger partial charge in [0.25, 0.3) is 15.9 Å². The first kappa shape index (κ1) is 22.8. The molecule has 0 saturated heterocycles. The van der Waals surface area contributed by atoms with Crippen LogP contribution in [0.2, 0.25) is 0 Å². The van der Waals surface area contributed by atoms with Crippen molar-refractivity contribution in [2.45, 2.75) is 17.2 Å². The van der Waals surface area contributed by atoms with Gasteiger partial charge in [-0.15, -0.1) is 11.3 Å². The Morgan fingerprint density at radius 1 is 0.879 bits per heavy atom. The lowest BCUT2D eigenvalue weighted by atomic mass is 9.94. The number of sulfonamides is 1. The van der Waals surface area contributed by atoms with Gasteiger partial charge in [0.1, 0.15) is 4.21 Å². The SMILES string of the molecule is Cc1ccccc1C(NC(=O)c1ccc(N(C)S(=O)(=O)c2cccs2)cc1)c1ccccc1. The van der Waals surface area contributed by atoms with Crippen molar-refractivity contribution in [1.82, 2.24) is 5.32 Å². The summed E-state index contributed by atoms with van der Waals surface area (Å²) in [6, 6.07) is 27.4. The van der Waals surface area contributed by atoms with Crippen molar-refractivity contribution in [2.75, 3.05) is 11.4 Å². The van der Waals surface area contributed by atoms with Gasteiger partial charge in [-0.1, -0.05) is 60.7 Å². The van der Waals surface area contributed by atoms with Crippen molar-refractivity contribution in [3.63, 3.8) is 0 Å². The first-order valence-corrected chi connectivity index (χ1v) is 12.7. The molecule has 1 N–H and O–H groups in total. The fraction of sp³-hybridized carbons (Fsp3) is 0.115. The average molecular weight is 477 g/mol. The van der Waals surface area contributed by atoms with Crippen LogP contribution < -0.4 is 9.62 Å². The number of nitrogens with zero attached hydrogens (tertiary/aromatic N) is 1. The Kier molecular flexibility index (Phi) is 6.62. The molecule has 0 saturated carbocycles. The average Bonchev–Trinajstić information content (AvgIpc) is 3.39. The Morgan fingerprint density at radius 3 is 2.18 bits per heavy atom. The fourth-order valence-electron chi connectivity index (χ4n) is 3.62. The number of benzene rings is 3. The van der Waals surface area contributed by atoms with Gasteiger partial charge in [0.05, 0.1) is 11.7 Å². The van der Waals surface area contributed by atoms with E-state index in [4.69, 9.17) is 0 Å². The van der Waals surface area contributed by atoms with Crippen molar-refractivity contribution in [3.05, 3.63) is 119 Å². The second kappa shape index (κ2) is 9.60. The van der Waals surface area contributed by atoms with Gasteiger partial charge in [0, 0.05) is 12.6 Å². The summed E-state index contributed by atoms with van der Waals surface area (Å²) in [5.74, 6) is -0.234. The minimum Gasteiger partial charge on any atom is -0.341 e. The Morgan fingerprint density at radius 2 is 1.55 bits per heavy atom. The molecule has 1 amide bonds. The number of aryl methyl sites for hydroxylation is 1. The number of carbonyl (C=O) groups is 1. The first-order chi connectivity index (χ1) is 15.9. The molecule has 4 rings (SSSR count). The highest BCUT2D eigenvalue weighted by Crippen LogP contribution is 2.27. The maximum atomic E-state index is 13.1. The van der Waals surface area contributed by atoms with Crippen molar-refractivity contribution in [3.8, 4) is 0 Å². The summed E-state index contributed by atoms with van der Waals surface area (Å²) in [4.78, 5) is 13.1. The summed E-state index contributed by atoms with van der Waals surface area (Å²) in [5.41, 5.74) is 4.03.